The van der Waals surface area contributed by atoms with Crippen molar-refractivity contribution < 1.29 is 9.59 Å². The van der Waals surface area contributed by atoms with Crippen LogP contribution in [0.1, 0.15) is 22.5 Å². The van der Waals surface area contributed by atoms with E-state index in [0.29, 0.717) is 21.7 Å². The number of pyridine rings is 1. The van der Waals surface area contributed by atoms with Gasteiger partial charge < -0.3 is 15.2 Å². The fraction of sp³-hybridized carbons (Fsp3) is 0.267. The second kappa shape index (κ2) is 7.48. The minimum absolute atomic E-state index is 0.132. The van der Waals surface area contributed by atoms with Crippen molar-refractivity contribution in [1.29, 1.82) is 0 Å². The van der Waals surface area contributed by atoms with E-state index in [0.717, 1.165) is 5.56 Å². The third-order valence-electron chi connectivity index (χ3n) is 3.17. The standard InChI is InChI=1S/C15H16Cl2N4O2/c1-9-3-4-12(19-8-9)20-13(22)5-6-18-15(23)11-7-10(16)14(17)21(11)2/h3-4,7-8H,5-6H2,1-2H3,(H,18,23)(H,19,20,22). The zero-order chi connectivity index (χ0) is 17.0. The van der Waals surface area contributed by atoms with Gasteiger partial charge in [0.25, 0.3) is 5.91 Å². The van der Waals surface area contributed by atoms with Crippen LogP contribution in [0.15, 0.2) is 24.4 Å². The molecule has 0 fully saturated rings. The molecule has 0 bridgehead atoms. The number of nitrogens with one attached hydrogen (secondary N) is 2. The number of anilines is 1. The molecule has 0 spiro atoms. The lowest BCUT2D eigenvalue weighted by atomic mass is 10.3. The molecule has 0 aliphatic rings. The summed E-state index contributed by atoms with van der Waals surface area (Å²) < 4.78 is 1.48. The number of hydrogen-bond acceptors (Lipinski definition) is 3. The highest BCUT2D eigenvalue weighted by molar-refractivity contribution is 6.41. The van der Waals surface area contributed by atoms with E-state index >= 15 is 0 Å². The lowest BCUT2D eigenvalue weighted by Crippen LogP contribution is -2.29. The second-order valence-electron chi connectivity index (χ2n) is 5.00. The zero-order valence-corrected chi connectivity index (χ0v) is 14.2. The molecule has 2 N–H and O–H groups in total. The molecule has 0 saturated carbocycles. The monoisotopic (exact) mass is 354 g/mol. The number of aryl methyl sites for hydroxylation is 1. The van der Waals surface area contributed by atoms with Crippen LogP contribution in [-0.2, 0) is 11.8 Å². The topological polar surface area (TPSA) is 76.0 Å². The van der Waals surface area contributed by atoms with Crippen molar-refractivity contribution >= 4 is 40.8 Å². The third-order valence-corrected chi connectivity index (χ3v) is 4.01. The van der Waals surface area contributed by atoms with Crippen LogP contribution in [-0.4, -0.2) is 27.9 Å². The normalized spacial score (nSPS) is 10.4. The Morgan fingerprint density at radius 2 is 2.04 bits per heavy atom. The Balaban J connectivity index is 1.82. The average molecular weight is 355 g/mol. The van der Waals surface area contributed by atoms with Gasteiger partial charge in [0, 0.05) is 26.2 Å². The molecule has 8 heteroatoms. The van der Waals surface area contributed by atoms with Gasteiger partial charge in [-0.1, -0.05) is 29.3 Å². The fourth-order valence-electron chi connectivity index (χ4n) is 1.89. The van der Waals surface area contributed by atoms with Crippen molar-refractivity contribution in [3.05, 3.63) is 45.8 Å². The average Bonchev–Trinajstić information content (AvgIpc) is 2.77. The first kappa shape index (κ1) is 17.3. The maximum atomic E-state index is 12.0. The quantitative estimate of drug-likeness (QED) is 0.866. The number of aromatic nitrogens is 2. The molecule has 0 aromatic carbocycles. The molecule has 2 aromatic heterocycles. The Labute approximate surface area is 143 Å². The van der Waals surface area contributed by atoms with Gasteiger partial charge in [0.15, 0.2) is 0 Å². The molecule has 2 amide bonds. The number of halogens is 2. The van der Waals surface area contributed by atoms with Gasteiger partial charge in [0.2, 0.25) is 5.91 Å². The van der Waals surface area contributed by atoms with E-state index in [-0.39, 0.29) is 24.8 Å². The van der Waals surface area contributed by atoms with Crippen molar-refractivity contribution in [2.75, 3.05) is 11.9 Å². The Kier molecular flexibility index (Phi) is 5.63. The van der Waals surface area contributed by atoms with Crippen LogP contribution >= 0.6 is 23.2 Å². The van der Waals surface area contributed by atoms with Gasteiger partial charge in [0.1, 0.15) is 16.7 Å². The van der Waals surface area contributed by atoms with E-state index in [1.54, 1.807) is 19.3 Å². The van der Waals surface area contributed by atoms with E-state index < -0.39 is 0 Å². The zero-order valence-electron chi connectivity index (χ0n) is 12.7. The van der Waals surface area contributed by atoms with E-state index in [9.17, 15) is 9.59 Å². The first-order valence-corrected chi connectivity index (χ1v) is 7.65. The highest BCUT2D eigenvalue weighted by Crippen LogP contribution is 2.24. The minimum atomic E-state index is -0.345. The van der Waals surface area contributed by atoms with Crippen molar-refractivity contribution in [3.63, 3.8) is 0 Å². The number of hydrogen-bond donors (Lipinski definition) is 2. The fourth-order valence-corrected chi connectivity index (χ4v) is 2.26. The van der Waals surface area contributed by atoms with Gasteiger partial charge in [-0.3, -0.25) is 9.59 Å². The predicted molar refractivity (Wildman–Crippen MR) is 90.0 cm³/mol. The molecule has 23 heavy (non-hydrogen) atoms. The molecule has 0 radical (unpaired) electrons. The summed E-state index contributed by atoms with van der Waals surface area (Å²) in [6, 6.07) is 5.06. The Morgan fingerprint density at radius 1 is 1.30 bits per heavy atom. The third kappa shape index (κ3) is 4.46. The van der Waals surface area contributed by atoms with E-state index in [2.05, 4.69) is 15.6 Å². The van der Waals surface area contributed by atoms with Gasteiger partial charge in [-0.25, -0.2) is 4.98 Å². The summed E-state index contributed by atoms with van der Waals surface area (Å²) in [7, 11) is 1.64. The Morgan fingerprint density at radius 3 is 2.61 bits per heavy atom. The lowest BCUT2D eigenvalue weighted by molar-refractivity contribution is -0.116. The Hall–Kier alpha value is -2.05. The number of amides is 2. The number of carbonyl (C=O) groups excluding carboxylic acids is 2. The van der Waals surface area contributed by atoms with E-state index in [1.807, 2.05) is 13.0 Å². The highest BCUT2D eigenvalue weighted by Gasteiger charge is 2.15. The van der Waals surface area contributed by atoms with Crippen molar-refractivity contribution in [1.82, 2.24) is 14.9 Å². The minimum Gasteiger partial charge on any atom is -0.350 e. The molecule has 0 saturated heterocycles. The van der Waals surface area contributed by atoms with Crippen molar-refractivity contribution in [2.24, 2.45) is 7.05 Å². The molecule has 2 heterocycles. The molecule has 2 aromatic rings. The van der Waals surface area contributed by atoms with E-state index in [1.165, 1.54) is 10.6 Å². The molecular formula is C15H16Cl2N4O2. The van der Waals surface area contributed by atoms with Crippen LogP contribution in [0.2, 0.25) is 10.2 Å². The summed E-state index contributed by atoms with van der Waals surface area (Å²) in [5.41, 5.74) is 1.34. The predicted octanol–water partition coefficient (Wildman–Crippen LogP) is 2.79. The SMILES string of the molecule is Cc1ccc(NC(=O)CCNC(=O)c2cc(Cl)c(Cl)n2C)nc1. The van der Waals surface area contributed by atoms with Gasteiger partial charge in [-0.2, -0.15) is 0 Å². The summed E-state index contributed by atoms with van der Waals surface area (Å²) in [6.45, 7) is 2.10. The van der Waals surface area contributed by atoms with Crippen LogP contribution < -0.4 is 10.6 Å². The smallest absolute Gasteiger partial charge is 0.268 e. The molecule has 0 atom stereocenters. The first-order chi connectivity index (χ1) is 10.9. The maximum Gasteiger partial charge on any atom is 0.268 e. The summed E-state index contributed by atoms with van der Waals surface area (Å²) >= 11 is 11.8. The molecule has 122 valence electrons. The summed E-state index contributed by atoms with van der Waals surface area (Å²) in [5, 5.41) is 5.91. The van der Waals surface area contributed by atoms with Gasteiger partial charge >= 0.3 is 0 Å². The lowest BCUT2D eigenvalue weighted by Gasteiger charge is -2.07. The van der Waals surface area contributed by atoms with Crippen molar-refractivity contribution in [3.8, 4) is 0 Å². The van der Waals surface area contributed by atoms with Crippen molar-refractivity contribution in [2.45, 2.75) is 13.3 Å². The number of rotatable bonds is 5. The molecule has 0 aliphatic heterocycles. The second-order valence-corrected chi connectivity index (χ2v) is 5.77. The maximum absolute atomic E-state index is 12.0. The van der Waals surface area contributed by atoms with Gasteiger partial charge in [-0.05, 0) is 24.6 Å². The van der Waals surface area contributed by atoms with Gasteiger partial charge in [0.05, 0.1) is 5.02 Å². The van der Waals surface area contributed by atoms with Gasteiger partial charge in [-0.15, -0.1) is 0 Å². The summed E-state index contributed by atoms with van der Waals surface area (Å²) in [5.74, 6) is -0.0971. The first-order valence-electron chi connectivity index (χ1n) is 6.90. The van der Waals surface area contributed by atoms with E-state index in [4.69, 9.17) is 23.2 Å². The molecule has 0 aliphatic carbocycles. The summed E-state index contributed by atoms with van der Waals surface area (Å²) in [6.07, 6.45) is 1.80. The molecule has 6 nitrogen and oxygen atoms in total. The summed E-state index contributed by atoms with van der Waals surface area (Å²) in [4.78, 5) is 27.9. The number of nitrogens with zero attached hydrogens (tertiary/aromatic N) is 2. The highest BCUT2D eigenvalue weighted by atomic mass is 35.5. The molecule has 2 rings (SSSR count). The molecule has 0 unspecified atom stereocenters. The van der Waals surface area contributed by atoms with Crippen LogP contribution in [0, 0.1) is 6.92 Å². The number of carbonyl (C=O) groups is 2. The molecular weight excluding hydrogens is 339 g/mol. The van der Waals surface area contributed by atoms with Crippen LogP contribution in [0.5, 0.6) is 0 Å². The van der Waals surface area contributed by atoms with Crippen LogP contribution in [0.3, 0.4) is 0 Å². The largest absolute Gasteiger partial charge is 0.350 e. The Bertz CT molecular complexity index is 726. The van der Waals surface area contributed by atoms with Crippen LogP contribution in [0.4, 0.5) is 5.82 Å². The van der Waals surface area contributed by atoms with Crippen LogP contribution in [0.25, 0.3) is 0 Å².